The van der Waals surface area contributed by atoms with Crippen molar-refractivity contribution in [3.63, 3.8) is 0 Å². The van der Waals surface area contributed by atoms with Crippen LogP contribution in [0.25, 0.3) is 0 Å². The molecular weight excluding hydrogens is 252 g/mol. The Morgan fingerprint density at radius 2 is 2.15 bits per heavy atom. The van der Waals surface area contributed by atoms with Crippen LogP contribution in [0.3, 0.4) is 0 Å². The fourth-order valence-electron chi connectivity index (χ4n) is 2.67. The molecule has 2 atom stereocenters. The highest BCUT2D eigenvalue weighted by Gasteiger charge is 2.29. The number of amides is 1. The van der Waals surface area contributed by atoms with Gasteiger partial charge in [-0.15, -0.1) is 0 Å². The summed E-state index contributed by atoms with van der Waals surface area (Å²) in [5.74, 6) is 1.19. The number of likely N-dealkylation sites (N-methyl/N-ethyl adjacent to an activating group) is 1. The van der Waals surface area contributed by atoms with Crippen LogP contribution in [0, 0.1) is 12.8 Å². The monoisotopic (exact) mass is 276 g/mol. The number of para-hydroxylation sites is 1. The van der Waals surface area contributed by atoms with Gasteiger partial charge in [-0.2, -0.15) is 0 Å². The zero-order chi connectivity index (χ0) is 14.5. The lowest BCUT2D eigenvalue weighted by Gasteiger charge is -2.21. The van der Waals surface area contributed by atoms with E-state index in [0.717, 1.165) is 30.6 Å². The SMILES string of the molecule is Cc1ccccc1OCCN(C)C(=O)[C@@H]1CC[C@@H](N)C1. The molecule has 0 unspecified atom stereocenters. The lowest BCUT2D eigenvalue weighted by atomic mass is 10.1. The predicted octanol–water partition coefficient (Wildman–Crippen LogP) is 1.96. The van der Waals surface area contributed by atoms with E-state index >= 15 is 0 Å². The molecule has 1 saturated carbocycles. The first-order valence-electron chi connectivity index (χ1n) is 7.27. The van der Waals surface area contributed by atoms with Crippen molar-refractivity contribution in [2.45, 2.75) is 32.2 Å². The van der Waals surface area contributed by atoms with Gasteiger partial charge in [-0.25, -0.2) is 0 Å². The van der Waals surface area contributed by atoms with Crippen molar-refractivity contribution in [1.29, 1.82) is 0 Å². The van der Waals surface area contributed by atoms with E-state index < -0.39 is 0 Å². The Morgan fingerprint density at radius 1 is 1.40 bits per heavy atom. The molecule has 110 valence electrons. The minimum Gasteiger partial charge on any atom is -0.491 e. The van der Waals surface area contributed by atoms with Crippen LogP contribution in [0.15, 0.2) is 24.3 Å². The van der Waals surface area contributed by atoms with Crippen LogP contribution in [0.5, 0.6) is 5.75 Å². The van der Waals surface area contributed by atoms with Crippen LogP contribution in [-0.4, -0.2) is 37.0 Å². The molecule has 0 aliphatic heterocycles. The third-order valence-corrected chi connectivity index (χ3v) is 3.98. The van der Waals surface area contributed by atoms with Crippen molar-refractivity contribution in [2.75, 3.05) is 20.2 Å². The van der Waals surface area contributed by atoms with Gasteiger partial charge in [0.15, 0.2) is 0 Å². The molecule has 1 aliphatic rings. The quantitative estimate of drug-likeness (QED) is 0.894. The van der Waals surface area contributed by atoms with Gasteiger partial charge in [-0.05, 0) is 37.8 Å². The molecule has 4 heteroatoms. The number of carbonyl (C=O) groups excluding carboxylic acids is 1. The van der Waals surface area contributed by atoms with Gasteiger partial charge in [0, 0.05) is 19.0 Å². The largest absolute Gasteiger partial charge is 0.491 e. The van der Waals surface area contributed by atoms with E-state index in [0.29, 0.717) is 13.2 Å². The second-order valence-corrected chi connectivity index (χ2v) is 5.64. The standard InChI is InChI=1S/C16H24N2O2/c1-12-5-3-4-6-15(12)20-10-9-18(2)16(19)13-7-8-14(17)11-13/h3-6,13-14H,7-11,17H2,1-2H3/t13-,14-/m1/s1. The summed E-state index contributed by atoms with van der Waals surface area (Å²) in [6.07, 6.45) is 2.70. The molecule has 20 heavy (non-hydrogen) atoms. The van der Waals surface area contributed by atoms with Crippen LogP contribution in [0.4, 0.5) is 0 Å². The fraction of sp³-hybridized carbons (Fsp3) is 0.562. The van der Waals surface area contributed by atoms with E-state index in [2.05, 4.69) is 0 Å². The smallest absolute Gasteiger partial charge is 0.225 e. The van der Waals surface area contributed by atoms with Gasteiger partial charge >= 0.3 is 0 Å². The molecule has 1 aromatic carbocycles. The van der Waals surface area contributed by atoms with Gasteiger partial charge in [0.25, 0.3) is 0 Å². The number of rotatable bonds is 5. The highest BCUT2D eigenvalue weighted by molar-refractivity contribution is 5.78. The van der Waals surface area contributed by atoms with Crippen LogP contribution < -0.4 is 10.5 Å². The highest BCUT2D eigenvalue weighted by atomic mass is 16.5. The van der Waals surface area contributed by atoms with Gasteiger partial charge in [-0.1, -0.05) is 18.2 Å². The second-order valence-electron chi connectivity index (χ2n) is 5.64. The predicted molar refractivity (Wildman–Crippen MR) is 79.6 cm³/mol. The Hall–Kier alpha value is -1.55. The van der Waals surface area contributed by atoms with Crippen LogP contribution >= 0.6 is 0 Å². The summed E-state index contributed by atoms with van der Waals surface area (Å²) in [7, 11) is 1.84. The zero-order valence-corrected chi connectivity index (χ0v) is 12.3. The molecule has 1 fully saturated rings. The zero-order valence-electron chi connectivity index (χ0n) is 12.3. The summed E-state index contributed by atoms with van der Waals surface area (Å²) >= 11 is 0. The van der Waals surface area contributed by atoms with Crippen molar-refractivity contribution in [3.05, 3.63) is 29.8 Å². The first-order valence-corrected chi connectivity index (χ1v) is 7.27. The van der Waals surface area contributed by atoms with Crippen molar-refractivity contribution < 1.29 is 9.53 Å². The summed E-state index contributed by atoms with van der Waals surface area (Å²) in [4.78, 5) is 14.0. The normalized spacial score (nSPS) is 21.8. The molecule has 1 aromatic rings. The molecule has 0 heterocycles. The maximum atomic E-state index is 12.2. The maximum absolute atomic E-state index is 12.2. The van der Waals surface area contributed by atoms with Crippen LogP contribution in [-0.2, 0) is 4.79 Å². The molecule has 0 aromatic heterocycles. The molecule has 4 nitrogen and oxygen atoms in total. The molecule has 1 amide bonds. The van der Waals surface area contributed by atoms with E-state index in [1.807, 2.05) is 38.2 Å². The van der Waals surface area contributed by atoms with Crippen molar-refractivity contribution in [1.82, 2.24) is 4.90 Å². The molecule has 0 bridgehead atoms. The molecule has 0 spiro atoms. The Kier molecular flexibility index (Phi) is 5.01. The third kappa shape index (κ3) is 3.73. The van der Waals surface area contributed by atoms with E-state index in [1.165, 1.54) is 0 Å². The summed E-state index contributed by atoms with van der Waals surface area (Å²) in [6.45, 7) is 3.15. The van der Waals surface area contributed by atoms with E-state index in [1.54, 1.807) is 4.90 Å². The van der Waals surface area contributed by atoms with E-state index in [-0.39, 0.29) is 17.9 Å². The van der Waals surface area contributed by atoms with Gasteiger partial charge < -0.3 is 15.4 Å². The Morgan fingerprint density at radius 3 is 2.80 bits per heavy atom. The van der Waals surface area contributed by atoms with Crippen LogP contribution in [0.1, 0.15) is 24.8 Å². The Labute approximate surface area is 120 Å². The summed E-state index contributed by atoms with van der Waals surface area (Å²) < 4.78 is 5.72. The molecule has 2 rings (SSSR count). The van der Waals surface area contributed by atoms with Crippen molar-refractivity contribution in [3.8, 4) is 5.75 Å². The molecule has 0 saturated heterocycles. The number of aryl methyl sites for hydroxylation is 1. The number of nitrogens with two attached hydrogens (primary N) is 1. The number of ether oxygens (including phenoxy) is 1. The van der Waals surface area contributed by atoms with Gasteiger partial charge in [-0.3, -0.25) is 4.79 Å². The van der Waals surface area contributed by atoms with E-state index in [9.17, 15) is 4.79 Å². The van der Waals surface area contributed by atoms with Crippen molar-refractivity contribution >= 4 is 5.91 Å². The summed E-state index contributed by atoms with van der Waals surface area (Å²) in [5, 5.41) is 0. The topological polar surface area (TPSA) is 55.6 Å². The lowest BCUT2D eigenvalue weighted by molar-refractivity contribution is -0.134. The number of benzene rings is 1. The van der Waals surface area contributed by atoms with E-state index in [4.69, 9.17) is 10.5 Å². The summed E-state index contributed by atoms with van der Waals surface area (Å²) in [6, 6.07) is 8.11. The number of carbonyl (C=O) groups is 1. The maximum Gasteiger partial charge on any atom is 0.225 e. The molecular formula is C16H24N2O2. The second kappa shape index (κ2) is 6.75. The summed E-state index contributed by atoms with van der Waals surface area (Å²) in [5.41, 5.74) is 6.97. The van der Waals surface area contributed by atoms with Gasteiger partial charge in [0.2, 0.25) is 5.91 Å². The molecule has 1 aliphatic carbocycles. The molecule has 2 N–H and O–H groups in total. The van der Waals surface area contributed by atoms with Crippen molar-refractivity contribution in [2.24, 2.45) is 11.7 Å². The van der Waals surface area contributed by atoms with Gasteiger partial charge in [0.05, 0.1) is 6.54 Å². The average Bonchev–Trinajstić information content (AvgIpc) is 2.86. The number of nitrogens with zero attached hydrogens (tertiary/aromatic N) is 1. The fourth-order valence-corrected chi connectivity index (χ4v) is 2.67. The minimum atomic E-state index is 0.105. The Balaban J connectivity index is 1.76. The lowest BCUT2D eigenvalue weighted by Crippen LogP contribution is -2.35. The number of hydrogen-bond acceptors (Lipinski definition) is 3. The highest BCUT2D eigenvalue weighted by Crippen LogP contribution is 2.25. The average molecular weight is 276 g/mol. The third-order valence-electron chi connectivity index (χ3n) is 3.98. The minimum absolute atomic E-state index is 0.105. The first-order chi connectivity index (χ1) is 9.58. The van der Waals surface area contributed by atoms with Gasteiger partial charge in [0.1, 0.15) is 12.4 Å². The van der Waals surface area contributed by atoms with Crippen LogP contribution in [0.2, 0.25) is 0 Å². The molecule has 0 radical (unpaired) electrons. The Bertz CT molecular complexity index is 462. The number of hydrogen-bond donors (Lipinski definition) is 1. The first kappa shape index (κ1) is 14.9.